The van der Waals surface area contributed by atoms with Gasteiger partial charge in [-0.3, -0.25) is 14.4 Å². The highest BCUT2D eigenvalue weighted by Crippen LogP contribution is 2.26. The molecular weight excluding hydrogens is 503 g/mol. The first-order valence-electron chi connectivity index (χ1n) is 10.6. The second-order valence-corrected chi connectivity index (χ2v) is 10.6. The summed E-state index contributed by atoms with van der Waals surface area (Å²) in [5.41, 5.74) is -1.44. The lowest BCUT2D eigenvalue weighted by Gasteiger charge is -2.29. The molecule has 1 N–H and O–H groups in total. The van der Waals surface area contributed by atoms with E-state index in [0.717, 1.165) is 0 Å². The van der Waals surface area contributed by atoms with Crippen LogP contribution in [0.4, 0.5) is 0 Å². The number of hydrogen-bond acceptors (Lipinski definition) is 10. The number of aliphatic hydroxyl groups is 1. The average molecular weight is 539 g/mol. The van der Waals surface area contributed by atoms with E-state index in [1.807, 2.05) is 0 Å². The minimum Gasteiger partial charge on any atom is -0.464 e. The molecule has 10 nitrogen and oxygen atoms in total. The summed E-state index contributed by atoms with van der Waals surface area (Å²) in [7, 11) is 5.72. The summed E-state index contributed by atoms with van der Waals surface area (Å²) in [5, 5.41) is 7.33. The lowest BCUT2D eigenvalue weighted by atomic mass is 9.73. The van der Waals surface area contributed by atoms with Gasteiger partial charge in [-0.15, -0.1) is 0 Å². The van der Waals surface area contributed by atoms with Crippen molar-refractivity contribution in [2.24, 2.45) is 5.41 Å². The molecule has 0 fully saturated rings. The Labute approximate surface area is 205 Å². The summed E-state index contributed by atoms with van der Waals surface area (Å²) >= 11 is 3.19. The molecule has 0 aliphatic heterocycles. The molecule has 0 rings (SSSR count). The Hall–Kier alpha value is -1.21. The lowest BCUT2D eigenvalue weighted by Crippen LogP contribution is -2.43. The number of aliphatic hydroxyl groups excluding tert-OH is 1. The fraction of sp³-hybridized carbons (Fsp3) is 0.857. The molecule has 190 valence electrons. The van der Waals surface area contributed by atoms with Crippen LogP contribution in [0, 0.1) is 5.41 Å². The zero-order valence-corrected chi connectivity index (χ0v) is 21.7. The second-order valence-electron chi connectivity index (χ2n) is 8.60. The quantitative estimate of drug-likeness (QED) is 0.0893. The van der Waals surface area contributed by atoms with E-state index in [0.29, 0.717) is 19.8 Å². The maximum Gasteiger partial charge on any atom is 0.322 e. The monoisotopic (exact) mass is 538 g/mol. The molecule has 0 bridgehead atoms. The van der Waals surface area contributed by atoms with Crippen LogP contribution >= 0.6 is 15.9 Å². The summed E-state index contributed by atoms with van der Waals surface area (Å²) in [6, 6.07) is 0. The molecule has 0 aliphatic carbocycles. The normalized spacial score (nSPS) is 13.8. The molecule has 0 saturated heterocycles. The fourth-order valence-electron chi connectivity index (χ4n) is 1.94. The number of halogens is 1. The third-order valence-electron chi connectivity index (χ3n) is 3.99. The van der Waals surface area contributed by atoms with Gasteiger partial charge in [-0.25, -0.2) is 0 Å². The van der Waals surface area contributed by atoms with E-state index >= 15 is 0 Å². The highest BCUT2D eigenvalue weighted by molar-refractivity contribution is 9.10. The van der Waals surface area contributed by atoms with Crippen molar-refractivity contribution in [2.45, 2.75) is 44.3 Å². The van der Waals surface area contributed by atoms with Crippen molar-refractivity contribution in [1.82, 2.24) is 0 Å². The van der Waals surface area contributed by atoms with Crippen molar-refractivity contribution < 1.29 is 47.9 Å². The third-order valence-corrected chi connectivity index (χ3v) is 4.31. The van der Waals surface area contributed by atoms with Gasteiger partial charge in [0.1, 0.15) is 29.6 Å². The van der Waals surface area contributed by atoms with E-state index < -0.39 is 33.0 Å². The second kappa shape index (κ2) is 15.7. The zero-order valence-electron chi connectivity index (χ0n) is 20.1. The van der Waals surface area contributed by atoms with E-state index in [-0.39, 0.29) is 46.2 Å². The average Bonchev–Trinajstić information content (AvgIpc) is 2.72. The number of alkyl halides is 1. The highest BCUT2D eigenvalue weighted by Gasteiger charge is 2.40. The first-order chi connectivity index (χ1) is 15.2. The summed E-state index contributed by atoms with van der Waals surface area (Å²) in [6.45, 7) is 8.54. The molecule has 0 aromatic carbocycles. The van der Waals surface area contributed by atoms with Crippen LogP contribution in [0.2, 0.25) is 5.31 Å². The molecule has 1 unspecified atom stereocenters. The minimum atomic E-state index is -1.44. The van der Waals surface area contributed by atoms with Gasteiger partial charge < -0.3 is 33.5 Å². The molecule has 0 aliphatic rings. The van der Waals surface area contributed by atoms with Crippen LogP contribution in [-0.4, -0.2) is 101 Å². The smallest absolute Gasteiger partial charge is 0.322 e. The summed E-state index contributed by atoms with van der Waals surface area (Å²) in [6.07, 6.45) is 0. The Morgan fingerprint density at radius 3 is 1.55 bits per heavy atom. The Morgan fingerprint density at radius 2 is 1.12 bits per heavy atom. The number of esters is 3. The van der Waals surface area contributed by atoms with Gasteiger partial charge in [-0.1, -0.05) is 29.8 Å². The van der Waals surface area contributed by atoms with Gasteiger partial charge >= 0.3 is 17.9 Å². The Kier molecular flexibility index (Phi) is 15.1. The zero-order chi connectivity index (χ0) is 25.5. The Bertz CT molecular complexity index is 571. The number of ether oxygens (including phenoxy) is 6. The molecule has 33 heavy (non-hydrogen) atoms. The molecule has 1 atom stereocenters. The molecular formula is C21H36BBrO10. The summed E-state index contributed by atoms with van der Waals surface area (Å²) in [5.74, 6) is -2.01. The van der Waals surface area contributed by atoms with Crippen LogP contribution in [0.1, 0.15) is 34.6 Å². The van der Waals surface area contributed by atoms with Gasteiger partial charge in [0, 0.05) is 5.31 Å². The van der Waals surface area contributed by atoms with Crippen LogP contribution < -0.4 is 0 Å². The Morgan fingerprint density at radius 1 is 0.697 bits per heavy atom. The van der Waals surface area contributed by atoms with Crippen molar-refractivity contribution in [3.63, 3.8) is 0 Å². The number of rotatable bonds is 18. The maximum atomic E-state index is 12.7. The van der Waals surface area contributed by atoms with E-state index in [2.05, 4.69) is 15.9 Å². The molecule has 2 radical (unpaired) electrons. The molecule has 0 aromatic heterocycles. The van der Waals surface area contributed by atoms with Crippen molar-refractivity contribution in [2.75, 3.05) is 66.1 Å². The summed E-state index contributed by atoms with van der Waals surface area (Å²) in [4.78, 5) is 36.8. The van der Waals surface area contributed by atoms with E-state index in [9.17, 15) is 14.4 Å². The van der Waals surface area contributed by atoms with Crippen LogP contribution in [0.25, 0.3) is 0 Å². The van der Waals surface area contributed by atoms with E-state index in [4.69, 9.17) is 41.4 Å². The van der Waals surface area contributed by atoms with Gasteiger partial charge in [0.25, 0.3) is 0 Å². The van der Waals surface area contributed by atoms with Crippen molar-refractivity contribution in [3.8, 4) is 0 Å². The fourth-order valence-corrected chi connectivity index (χ4v) is 2.06. The molecule has 0 amide bonds. The predicted octanol–water partition coefficient (Wildman–Crippen LogP) is 1.20. The van der Waals surface area contributed by atoms with Crippen molar-refractivity contribution in [3.05, 3.63) is 0 Å². The van der Waals surface area contributed by atoms with Crippen LogP contribution in [-0.2, 0) is 42.8 Å². The van der Waals surface area contributed by atoms with Gasteiger partial charge in [0.15, 0.2) is 0 Å². The number of hydrogen-bond donors (Lipinski definition) is 1. The van der Waals surface area contributed by atoms with Gasteiger partial charge in [0.2, 0.25) is 0 Å². The molecule has 0 spiro atoms. The summed E-state index contributed by atoms with van der Waals surface area (Å²) < 4.78 is 30.4. The Balaban J connectivity index is 4.55. The SMILES string of the molecule is [B]C(C)(C)C(=O)OCC(C)(COC(=O)C(C)(C)Br)C(=O)OCCOCCOCCOCCO. The topological polar surface area (TPSA) is 127 Å². The minimum absolute atomic E-state index is 0.0365. The lowest BCUT2D eigenvalue weighted by molar-refractivity contribution is -0.172. The molecule has 0 saturated carbocycles. The molecule has 12 heteroatoms. The molecule has 0 heterocycles. The van der Waals surface area contributed by atoms with Gasteiger partial charge in [0.05, 0.1) is 54.1 Å². The number of carbonyl (C=O) groups is 3. The predicted molar refractivity (Wildman–Crippen MR) is 123 cm³/mol. The van der Waals surface area contributed by atoms with Gasteiger partial charge in [-0.2, -0.15) is 0 Å². The van der Waals surface area contributed by atoms with E-state index in [1.165, 1.54) is 20.8 Å². The standard InChI is InChI=1S/C21H36BBrO10/c1-19(2,22)16(25)32-14-21(5,15-33-17(26)20(3,4)23)18(27)31-13-12-30-11-10-29-9-8-28-7-6-24/h24H,6-15H2,1-5H3. The highest BCUT2D eigenvalue weighted by atomic mass is 79.9. The van der Waals surface area contributed by atoms with Crippen LogP contribution in [0.15, 0.2) is 0 Å². The first-order valence-corrected chi connectivity index (χ1v) is 11.4. The van der Waals surface area contributed by atoms with Crippen LogP contribution in [0.3, 0.4) is 0 Å². The first kappa shape index (κ1) is 31.8. The van der Waals surface area contributed by atoms with Crippen molar-refractivity contribution >= 4 is 41.7 Å². The number of carbonyl (C=O) groups excluding carboxylic acids is 3. The maximum absolute atomic E-state index is 12.7. The largest absolute Gasteiger partial charge is 0.464 e. The van der Waals surface area contributed by atoms with Crippen LogP contribution in [0.5, 0.6) is 0 Å². The van der Waals surface area contributed by atoms with E-state index in [1.54, 1.807) is 13.8 Å². The third kappa shape index (κ3) is 14.6. The van der Waals surface area contributed by atoms with Gasteiger partial charge in [-0.05, 0) is 20.8 Å². The molecule has 0 aromatic rings. The van der Waals surface area contributed by atoms with Crippen molar-refractivity contribution in [1.29, 1.82) is 0 Å².